The average Bonchev–Trinajstić information content (AvgIpc) is 3.12. The van der Waals surface area contributed by atoms with E-state index >= 15 is 0 Å². The molecule has 0 aliphatic carbocycles. The van der Waals surface area contributed by atoms with E-state index in [-0.39, 0.29) is 11.9 Å². The molecule has 0 radical (unpaired) electrons. The Kier molecular flexibility index (Phi) is 3.50. The highest BCUT2D eigenvalue weighted by Crippen LogP contribution is 2.26. The fraction of sp³-hybridized carbons (Fsp3) is 0.333. The van der Waals surface area contributed by atoms with Crippen LogP contribution in [0.3, 0.4) is 0 Å². The quantitative estimate of drug-likeness (QED) is 0.749. The van der Waals surface area contributed by atoms with Gasteiger partial charge in [-0.25, -0.2) is 4.68 Å². The molecule has 1 aromatic carbocycles. The van der Waals surface area contributed by atoms with Crippen molar-refractivity contribution in [2.24, 2.45) is 0 Å². The summed E-state index contributed by atoms with van der Waals surface area (Å²) in [6.45, 7) is 2.69. The molecule has 1 amide bonds. The first-order valence-corrected chi connectivity index (χ1v) is 7.93. The highest BCUT2D eigenvalue weighted by atomic mass is 35.5. The molecule has 0 spiro atoms. The maximum absolute atomic E-state index is 12.6. The van der Waals surface area contributed by atoms with E-state index in [0.717, 1.165) is 5.52 Å². The number of hydrogen-bond donors (Lipinski definition) is 2. The molecule has 1 aliphatic heterocycles. The minimum Gasteiger partial charge on any atom is -0.387 e. The first-order chi connectivity index (χ1) is 11.5. The number of carbonyl (C=O) groups is 1. The van der Waals surface area contributed by atoms with Crippen molar-refractivity contribution in [1.82, 2.24) is 30.1 Å². The van der Waals surface area contributed by atoms with Crippen LogP contribution in [0.1, 0.15) is 35.3 Å². The predicted octanol–water partition coefficient (Wildman–Crippen LogP) is 1.56. The van der Waals surface area contributed by atoms with Crippen molar-refractivity contribution in [2.75, 3.05) is 13.1 Å². The number of aromatic nitrogens is 5. The van der Waals surface area contributed by atoms with E-state index in [1.54, 1.807) is 40.9 Å². The maximum Gasteiger partial charge on any atom is 0.275 e. The number of benzene rings is 1. The van der Waals surface area contributed by atoms with E-state index < -0.39 is 6.10 Å². The number of hydrogen-bond acceptors (Lipinski definition) is 5. The number of carbonyl (C=O) groups excluding carboxylic acids is 1. The Morgan fingerprint density at radius 1 is 1.46 bits per heavy atom. The van der Waals surface area contributed by atoms with E-state index in [2.05, 4.69) is 20.5 Å². The Hall–Kier alpha value is -2.45. The van der Waals surface area contributed by atoms with Crippen LogP contribution in [0.2, 0.25) is 5.02 Å². The fourth-order valence-electron chi connectivity index (χ4n) is 2.75. The van der Waals surface area contributed by atoms with E-state index in [4.69, 9.17) is 11.6 Å². The lowest BCUT2D eigenvalue weighted by Crippen LogP contribution is -2.51. The third-order valence-corrected chi connectivity index (χ3v) is 4.44. The zero-order valence-corrected chi connectivity index (χ0v) is 13.6. The van der Waals surface area contributed by atoms with Gasteiger partial charge in [-0.15, -0.1) is 5.10 Å². The minimum absolute atomic E-state index is 0.0581. The van der Waals surface area contributed by atoms with Crippen LogP contribution in [0.4, 0.5) is 0 Å². The van der Waals surface area contributed by atoms with Crippen molar-refractivity contribution in [3.05, 3.63) is 40.8 Å². The van der Waals surface area contributed by atoms with Gasteiger partial charge in [0.1, 0.15) is 5.69 Å². The molecule has 3 aromatic rings. The Morgan fingerprint density at radius 2 is 2.25 bits per heavy atom. The van der Waals surface area contributed by atoms with Crippen molar-refractivity contribution in [3.63, 3.8) is 0 Å². The van der Waals surface area contributed by atoms with Gasteiger partial charge >= 0.3 is 0 Å². The number of aromatic amines is 1. The third-order valence-electron chi connectivity index (χ3n) is 4.21. The Bertz CT molecular complexity index is 912. The summed E-state index contributed by atoms with van der Waals surface area (Å²) in [7, 11) is 0. The molecule has 8 nitrogen and oxygen atoms in total. The van der Waals surface area contributed by atoms with Gasteiger partial charge < -0.3 is 10.0 Å². The van der Waals surface area contributed by atoms with Gasteiger partial charge in [0.2, 0.25) is 0 Å². The largest absolute Gasteiger partial charge is 0.387 e. The van der Waals surface area contributed by atoms with Crippen molar-refractivity contribution in [1.29, 1.82) is 0 Å². The molecule has 2 N–H and O–H groups in total. The van der Waals surface area contributed by atoms with Crippen LogP contribution in [-0.4, -0.2) is 54.2 Å². The van der Waals surface area contributed by atoms with Crippen LogP contribution in [0.5, 0.6) is 0 Å². The molecule has 2 aromatic heterocycles. The predicted molar refractivity (Wildman–Crippen MR) is 86.7 cm³/mol. The second kappa shape index (κ2) is 5.57. The summed E-state index contributed by atoms with van der Waals surface area (Å²) in [6.07, 6.45) is 1.05. The summed E-state index contributed by atoms with van der Waals surface area (Å²) in [4.78, 5) is 14.3. The molecule has 9 heteroatoms. The monoisotopic (exact) mass is 346 g/mol. The average molecular weight is 347 g/mol. The van der Waals surface area contributed by atoms with Crippen molar-refractivity contribution in [2.45, 2.75) is 19.1 Å². The normalized spacial score (nSPS) is 16.4. The number of nitrogens with one attached hydrogen (secondary N) is 1. The Labute approximate surface area is 142 Å². The van der Waals surface area contributed by atoms with Gasteiger partial charge in [-0.1, -0.05) is 16.8 Å². The number of likely N-dealkylation sites (tertiary alicyclic amines) is 1. The maximum atomic E-state index is 12.6. The number of rotatable bonds is 3. The summed E-state index contributed by atoms with van der Waals surface area (Å²) in [5, 5.41) is 25.7. The van der Waals surface area contributed by atoms with Gasteiger partial charge in [0.25, 0.3) is 5.91 Å². The van der Waals surface area contributed by atoms with E-state index in [1.807, 2.05) is 0 Å². The number of halogens is 1. The van der Waals surface area contributed by atoms with Crippen LogP contribution in [0.15, 0.2) is 24.4 Å². The molecular formula is C15H15ClN6O2. The van der Waals surface area contributed by atoms with E-state index in [1.165, 1.54) is 0 Å². The molecule has 1 fully saturated rings. The van der Waals surface area contributed by atoms with Crippen LogP contribution >= 0.6 is 11.6 Å². The number of amides is 1. The highest BCUT2D eigenvalue weighted by molar-refractivity contribution is 6.31. The van der Waals surface area contributed by atoms with E-state index in [0.29, 0.717) is 34.9 Å². The van der Waals surface area contributed by atoms with Crippen molar-refractivity contribution in [3.8, 4) is 0 Å². The van der Waals surface area contributed by atoms with E-state index in [9.17, 15) is 9.90 Å². The van der Waals surface area contributed by atoms with Gasteiger partial charge in [-0.2, -0.15) is 5.10 Å². The van der Waals surface area contributed by atoms with Crippen LogP contribution < -0.4 is 0 Å². The van der Waals surface area contributed by atoms with Crippen molar-refractivity contribution >= 4 is 28.4 Å². The Morgan fingerprint density at radius 3 is 2.96 bits per heavy atom. The second-order valence-corrected chi connectivity index (χ2v) is 6.36. The first-order valence-electron chi connectivity index (χ1n) is 7.55. The first kappa shape index (κ1) is 15.1. The van der Waals surface area contributed by atoms with Gasteiger partial charge in [-0.05, 0) is 25.1 Å². The summed E-state index contributed by atoms with van der Waals surface area (Å²) < 4.78 is 1.69. The molecule has 1 unspecified atom stereocenters. The van der Waals surface area contributed by atoms with Gasteiger partial charge in [0.05, 0.1) is 23.9 Å². The molecule has 4 rings (SSSR count). The molecule has 1 atom stereocenters. The summed E-state index contributed by atoms with van der Waals surface area (Å²) in [6, 6.07) is 5.34. The van der Waals surface area contributed by atoms with Gasteiger partial charge in [0, 0.05) is 23.5 Å². The van der Waals surface area contributed by atoms with Gasteiger partial charge in [0.15, 0.2) is 5.69 Å². The minimum atomic E-state index is -0.656. The molecule has 124 valence electrons. The molecule has 0 saturated carbocycles. The number of H-pyrrole nitrogens is 1. The number of fused-ring (bicyclic) bond motifs is 1. The zero-order chi connectivity index (χ0) is 16.8. The van der Waals surface area contributed by atoms with Crippen LogP contribution in [-0.2, 0) is 0 Å². The molecule has 3 heterocycles. The summed E-state index contributed by atoms with van der Waals surface area (Å²) >= 11 is 6.01. The van der Waals surface area contributed by atoms with Crippen molar-refractivity contribution < 1.29 is 9.90 Å². The molecule has 24 heavy (non-hydrogen) atoms. The van der Waals surface area contributed by atoms with Crippen LogP contribution in [0.25, 0.3) is 10.9 Å². The Balaban J connectivity index is 1.49. The SMILES string of the molecule is CC(O)c1cn(C2CN(C(=O)c3n[nH]c4ccc(Cl)cc34)C2)nn1. The standard InChI is InChI=1S/C15H15ClN6O2/c1-8(23)13-7-22(20-18-13)10-5-21(6-10)15(24)14-11-4-9(16)2-3-12(11)17-19-14/h2-4,7-8,10,23H,5-6H2,1H3,(H,17,19). The third kappa shape index (κ3) is 2.44. The molecule has 0 bridgehead atoms. The lowest BCUT2D eigenvalue weighted by molar-refractivity contribution is 0.0494. The molecule has 1 saturated heterocycles. The topological polar surface area (TPSA) is 99.9 Å². The zero-order valence-electron chi connectivity index (χ0n) is 12.8. The molecular weight excluding hydrogens is 332 g/mol. The second-order valence-electron chi connectivity index (χ2n) is 5.93. The number of aliphatic hydroxyl groups excluding tert-OH is 1. The number of nitrogens with zero attached hydrogens (tertiary/aromatic N) is 5. The lowest BCUT2D eigenvalue weighted by atomic mass is 10.1. The lowest BCUT2D eigenvalue weighted by Gasteiger charge is -2.38. The van der Waals surface area contributed by atoms with Crippen LogP contribution in [0, 0.1) is 0 Å². The number of aliphatic hydroxyl groups is 1. The summed E-state index contributed by atoms with van der Waals surface area (Å²) in [5.41, 5.74) is 1.67. The fourth-order valence-corrected chi connectivity index (χ4v) is 2.92. The highest BCUT2D eigenvalue weighted by Gasteiger charge is 2.35. The summed E-state index contributed by atoms with van der Waals surface area (Å²) in [5.74, 6) is -0.143. The van der Waals surface area contributed by atoms with Gasteiger partial charge in [-0.3, -0.25) is 9.89 Å². The molecule has 1 aliphatic rings. The smallest absolute Gasteiger partial charge is 0.275 e.